The Labute approximate surface area is 130 Å². The van der Waals surface area contributed by atoms with E-state index in [0.29, 0.717) is 19.8 Å². The molecule has 22 heavy (non-hydrogen) atoms. The number of hydrogen-bond donors (Lipinski definition) is 1. The summed E-state index contributed by atoms with van der Waals surface area (Å²) in [4.78, 5) is 14.2. The van der Waals surface area contributed by atoms with E-state index in [1.807, 2.05) is 29.2 Å². The van der Waals surface area contributed by atoms with Gasteiger partial charge in [-0.1, -0.05) is 0 Å². The molecule has 1 aromatic rings. The van der Waals surface area contributed by atoms with Crippen molar-refractivity contribution in [3.8, 4) is 5.75 Å². The Morgan fingerprint density at radius 1 is 1.27 bits per heavy atom. The third-order valence-electron chi connectivity index (χ3n) is 4.12. The minimum atomic E-state index is -0.156. The third-order valence-corrected chi connectivity index (χ3v) is 4.12. The second-order valence-corrected chi connectivity index (χ2v) is 5.62. The van der Waals surface area contributed by atoms with Crippen molar-refractivity contribution in [3.05, 3.63) is 24.3 Å². The van der Waals surface area contributed by atoms with E-state index in [1.165, 1.54) is 0 Å². The van der Waals surface area contributed by atoms with Crippen molar-refractivity contribution in [2.45, 2.75) is 19.1 Å². The molecule has 0 aromatic heterocycles. The van der Waals surface area contributed by atoms with Crippen LogP contribution in [-0.4, -0.2) is 50.6 Å². The Hall–Kier alpha value is -1.79. The maximum absolute atomic E-state index is 12.4. The fraction of sp³-hybridized carbons (Fsp3) is 0.562. The number of likely N-dealkylation sites (tertiary alicyclic amines) is 1. The van der Waals surface area contributed by atoms with Crippen molar-refractivity contribution in [1.29, 1.82) is 0 Å². The van der Waals surface area contributed by atoms with Gasteiger partial charge in [-0.05, 0) is 37.1 Å². The van der Waals surface area contributed by atoms with Crippen LogP contribution < -0.4 is 10.1 Å². The zero-order chi connectivity index (χ0) is 15.4. The number of methoxy groups -OCH3 is 1. The molecular formula is C16H22N2O4. The van der Waals surface area contributed by atoms with Crippen LogP contribution in [-0.2, 0) is 9.47 Å². The number of anilines is 1. The second-order valence-electron chi connectivity index (χ2n) is 5.62. The summed E-state index contributed by atoms with van der Waals surface area (Å²) in [6.07, 6.45) is 1.86. The molecule has 1 unspecified atom stereocenters. The molecule has 6 nitrogen and oxygen atoms in total. The maximum atomic E-state index is 12.4. The molecule has 0 radical (unpaired) electrons. The number of hydrogen-bond acceptors (Lipinski definition) is 4. The van der Waals surface area contributed by atoms with Gasteiger partial charge in [0.05, 0.1) is 20.3 Å². The largest absolute Gasteiger partial charge is 0.497 e. The molecule has 0 spiro atoms. The summed E-state index contributed by atoms with van der Waals surface area (Å²) < 4.78 is 16.3. The van der Waals surface area contributed by atoms with E-state index in [9.17, 15) is 4.79 Å². The SMILES string of the molecule is COc1ccc(NC(=O)N2CCCC(C3OCCO3)C2)cc1. The molecule has 2 amide bonds. The Kier molecular flexibility index (Phi) is 4.80. The van der Waals surface area contributed by atoms with Crippen molar-refractivity contribution in [3.63, 3.8) is 0 Å². The molecule has 3 rings (SSSR count). The number of benzene rings is 1. The molecular weight excluding hydrogens is 284 g/mol. The van der Waals surface area contributed by atoms with Crippen LogP contribution in [0, 0.1) is 5.92 Å². The number of amides is 2. The Morgan fingerprint density at radius 3 is 2.68 bits per heavy atom. The summed E-state index contributed by atoms with van der Waals surface area (Å²) in [6, 6.07) is 7.25. The highest BCUT2D eigenvalue weighted by atomic mass is 16.7. The first kappa shape index (κ1) is 15.1. The van der Waals surface area contributed by atoms with Gasteiger partial charge in [-0.15, -0.1) is 0 Å². The van der Waals surface area contributed by atoms with E-state index < -0.39 is 0 Å². The van der Waals surface area contributed by atoms with Crippen molar-refractivity contribution >= 4 is 11.7 Å². The van der Waals surface area contributed by atoms with Gasteiger partial charge < -0.3 is 24.4 Å². The van der Waals surface area contributed by atoms with Crippen LogP contribution in [0.25, 0.3) is 0 Å². The minimum absolute atomic E-state index is 0.0761. The van der Waals surface area contributed by atoms with Crippen LogP contribution in [0.15, 0.2) is 24.3 Å². The van der Waals surface area contributed by atoms with Gasteiger partial charge in [0.1, 0.15) is 5.75 Å². The molecule has 2 aliphatic heterocycles. The molecule has 0 bridgehead atoms. The van der Waals surface area contributed by atoms with Gasteiger partial charge in [-0.3, -0.25) is 0 Å². The predicted molar refractivity (Wildman–Crippen MR) is 82.0 cm³/mol. The fourth-order valence-electron chi connectivity index (χ4n) is 2.94. The number of nitrogens with one attached hydrogen (secondary N) is 1. The second kappa shape index (κ2) is 6.98. The zero-order valence-corrected chi connectivity index (χ0v) is 12.8. The lowest BCUT2D eigenvalue weighted by Crippen LogP contribution is -2.45. The summed E-state index contributed by atoms with van der Waals surface area (Å²) in [5, 5.41) is 2.92. The summed E-state index contributed by atoms with van der Waals surface area (Å²) in [7, 11) is 1.62. The number of ether oxygens (including phenoxy) is 3. The summed E-state index contributed by atoms with van der Waals surface area (Å²) in [5.41, 5.74) is 0.765. The predicted octanol–water partition coefficient (Wildman–Crippen LogP) is 2.31. The lowest BCUT2D eigenvalue weighted by Gasteiger charge is -2.34. The van der Waals surface area contributed by atoms with E-state index in [-0.39, 0.29) is 18.2 Å². The van der Waals surface area contributed by atoms with Gasteiger partial charge in [-0.2, -0.15) is 0 Å². The van der Waals surface area contributed by atoms with Crippen molar-refractivity contribution in [1.82, 2.24) is 4.90 Å². The van der Waals surface area contributed by atoms with Gasteiger partial charge in [-0.25, -0.2) is 4.79 Å². The first-order chi connectivity index (χ1) is 10.8. The average Bonchev–Trinajstić information content (AvgIpc) is 3.10. The maximum Gasteiger partial charge on any atom is 0.321 e. The average molecular weight is 306 g/mol. The normalized spacial score (nSPS) is 22.6. The first-order valence-electron chi connectivity index (χ1n) is 7.69. The zero-order valence-electron chi connectivity index (χ0n) is 12.8. The van der Waals surface area contributed by atoms with Crippen molar-refractivity contribution in [2.75, 3.05) is 38.7 Å². The van der Waals surface area contributed by atoms with Crippen molar-refractivity contribution < 1.29 is 19.0 Å². The number of piperidine rings is 1. The molecule has 0 saturated carbocycles. The van der Waals surface area contributed by atoms with Crippen LogP contribution in [0.2, 0.25) is 0 Å². The summed E-state index contributed by atoms with van der Waals surface area (Å²) >= 11 is 0. The lowest BCUT2D eigenvalue weighted by molar-refractivity contribution is -0.0959. The fourth-order valence-corrected chi connectivity index (χ4v) is 2.94. The van der Waals surface area contributed by atoms with E-state index in [1.54, 1.807) is 7.11 Å². The summed E-state index contributed by atoms with van der Waals surface area (Å²) in [5.74, 6) is 1.03. The summed E-state index contributed by atoms with van der Waals surface area (Å²) in [6.45, 7) is 2.75. The van der Waals surface area contributed by atoms with Crippen LogP contribution in [0.4, 0.5) is 10.5 Å². The van der Waals surface area contributed by atoms with Gasteiger partial charge in [0.25, 0.3) is 0 Å². The number of rotatable bonds is 3. The number of urea groups is 1. The van der Waals surface area contributed by atoms with Crippen LogP contribution in [0.1, 0.15) is 12.8 Å². The monoisotopic (exact) mass is 306 g/mol. The van der Waals surface area contributed by atoms with Gasteiger partial charge in [0.2, 0.25) is 0 Å². The van der Waals surface area contributed by atoms with Crippen LogP contribution in [0.5, 0.6) is 5.75 Å². The van der Waals surface area contributed by atoms with Crippen LogP contribution in [0.3, 0.4) is 0 Å². The van der Waals surface area contributed by atoms with Gasteiger partial charge in [0, 0.05) is 24.7 Å². The Balaban J connectivity index is 1.56. The van der Waals surface area contributed by atoms with E-state index in [0.717, 1.165) is 30.8 Å². The number of nitrogens with zero attached hydrogens (tertiary/aromatic N) is 1. The molecule has 1 N–H and O–H groups in total. The number of carbonyl (C=O) groups excluding carboxylic acids is 1. The Morgan fingerprint density at radius 2 is 2.00 bits per heavy atom. The number of carbonyl (C=O) groups is 1. The van der Waals surface area contributed by atoms with E-state index >= 15 is 0 Å². The molecule has 120 valence electrons. The van der Waals surface area contributed by atoms with E-state index in [4.69, 9.17) is 14.2 Å². The molecule has 1 aromatic carbocycles. The molecule has 2 heterocycles. The Bertz CT molecular complexity index is 499. The molecule has 1 atom stereocenters. The van der Waals surface area contributed by atoms with Crippen molar-refractivity contribution in [2.24, 2.45) is 5.92 Å². The standard InChI is InChI=1S/C16H22N2O4/c1-20-14-6-4-13(5-7-14)17-16(19)18-8-2-3-12(11-18)15-21-9-10-22-15/h4-7,12,15H,2-3,8-11H2,1H3,(H,17,19). The van der Waals surface area contributed by atoms with Crippen LogP contribution >= 0.6 is 0 Å². The smallest absolute Gasteiger partial charge is 0.321 e. The molecule has 2 saturated heterocycles. The minimum Gasteiger partial charge on any atom is -0.497 e. The quantitative estimate of drug-likeness (QED) is 0.931. The topological polar surface area (TPSA) is 60.0 Å². The lowest BCUT2D eigenvalue weighted by atomic mass is 9.98. The molecule has 6 heteroatoms. The molecule has 0 aliphatic carbocycles. The highest BCUT2D eigenvalue weighted by molar-refractivity contribution is 5.89. The molecule has 2 fully saturated rings. The van der Waals surface area contributed by atoms with Gasteiger partial charge >= 0.3 is 6.03 Å². The molecule has 2 aliphatic rings. The van der Waals surface area contributed by atoms with Gasteiger partial charge in [0.15, 0.2) is 6.29 Å². The third kappa shape index (κ3) is 3.51. The highest BCUT2D eigenvalue weighted by Gasteiger charge is 2.32. The van der Waals surface area contributed by atoms with E-state index in [2.05, 4.69) is 5.32 Å². The highest BCUT2D eigenvalue weighted by Crippen LogP contribution is 2.25. The first-order valence-corrected chi connectivity index (χ1v) is 7.69.